The van der Waals surface area contributed by atoms with Crippen LogP contribution in [-0.2, 0) is 14.8 Å². The molecule has 0 atom stereocenters. The minimum Gasteiger partial charge on any atom is -0.450 e. The van der Waals surface area contributed by atoms with Crippen LogP contribution in [0.15, 0.2) is 28.0 Å². The summed E-state index contributed by atoms with van der Waals surface area (Å²) in [4.78, 5) is 29.3. The van der Waals surface area contributed by atoms with Gasteiger partial charge in [-0.05, 0) is 50.1 Å². The van der Waals surface area contributed by atoms with E-state index >= 15 is 0 Å². The monoisotopic (exact) mass is 469 g/mol. The van der Waals surface area contributed by atoms with Crippen LogP contribution in [0, 0.1) is 5.92 Å². The molecule has 8 nitrogen and oxygen atoms in total. The summed E-state index contributed by atoms with van der Waals surface area (Å²) in [6.07, 6.45) is 3.38. The maximum absolute atomic E-state index is 13.2. The van der Waals surface area contributed by atoms with Gasteiger partial charge in [0.25, 0.3) is 5.91 Å². The number of carbonyl (C=O) groups is 2. The summed E-state index contributed by atoms with van der Waals surface area (Å²) in [5, 5.41) is 0. The topological polar surface area (TPSA) is 87.2 Å². The van der Waals surface area contributed by atoms with Gasteiger partial charge in [0.05, 0.1) is 17.1 Å². The van der Waals surface area contributed by atoms with Crippen LogP contribution in [0.25, 0.3) is 0 Å². The molecule has 3 rings (SSSR count). The van der Waals surface area contributed by atoms with E-state index in [2.05, 4.69) is 6.92 Å². The summed E-state index contributed by atoms with van der Waals surface area (Å²) >= 11 is 1.44. The maximum atomic E-state index is 13.2. The fourth-order valence-corrected chi connectivity index (χ4v) is 5.89. The number of thioether (sulfide) groups is 1. The van der Waals surface area contributed by atoms with Crippen molar-refractivity contribution in [2.75, 3.05) is 52.1 Å². The Labute approximate surface area is 188 Å². The van der Waals surface area contributed by atoms with Crippen molar-refractivity contribution in [3.8, 4) is 0 Å². The Bertz CT molecular complexity index is 906. The Balaban J connectivity index is 1.78. The van der Waals surface area contributed by atoms with Gasteiger partial charge in [0.1, 0.15) is 0 Å². The fourth-order valence-electron chi connectivity index (χ4n) is 3.87. The lowest BCUT2D eigenvalue weighted by atomic mass is 9.98. The van der Waals surface area contributed by atoms with Crippen molar-refractivity contribution in [1.29, 1.82) is 0 Å². The number of sulfonamides is 1. The Hall–Kier alpha value is -1.78. The minimum atomic E-state index is -3.77. The van der Waals surface area contributed by atoms with Gasteiger partial charge in [-0.1, -0.05) is 6.92 Å². The summed E-state index contributed by atoms with van der Waals surface area (Å²) in [5.74, 6) is 0.490. The van der Waals surface area contributed by atoms with Crippen LogP contribution >= 0.6 is 11.8 Å². The third-order valence-electron chi connectivity index (χ3n) is 5.87. The normalized spacial score (nSPS) is 18.8. The van der Waals surface area contributed by atoms with Crippen LogP contribution in [0.4, 0.5) is 4.79 Å². The number of hydrogen-bond donors (Lipinski definition) is 0. The van der Waals surface area contributed by atoms with Crippen LogP contribution in [0.3, 0.4) is 0 Å². The zero-order valence-corrected chi connectivity index (χ0v) is 20.0. The van der Waals surface area contributed by atoms with Crippen LogP contribution in [0.2, 0.25) is 0 Å². The number of hydrogen-bond acceptors (Lipinski definition) is 6. The van der Waals surface area contributed by atoms with E-state index in [1.54, 1.807) is 19.1 Å². The molecular formula is C21H31N3O5S2. The van der Waals surface area contributed by atoms with Crippen LogP contribution < -0.4 is 0 Å². The third-order valence-corrected chi connectivity index (χ3v) is 8.57. The van der Waals surface area contributed by atoms with Crippen molar-refractivity contribution >= 4 is 33.8 Å². The summed E-state index contributed by atoms with van der Waals surface area (Å²) in [6.45, 7) is 6.53. The molecule has 2 saturated heterocycles. The van der Waals surface area contributed by atoms with E-state index < -0.39 is 16.1 Å². The lowest BCUT2D eigenvalue weighted by Gasteiger charge is -2.33. The molecule has 172 valence electrons. The number of piperidine rings is 1. The van der Waals surface area contributed by atoms with E-state index in [0.29, 0.717) is 24.6 Å². The van der Waals surface area contributed by atoms with Gasteiger partial charge in [-0.3, -0.25) is 4.79 Å². The Morgan fingerprint density at radius 1 is 1.06 bits per heavy atom. The molecule has 1 aromatic rings. The second-order valence-corrected chi connectivity index (χ2v) is 10.7. The van der Waals surface area contributed by atoms with E-state index in [1.807, 2.05) is 11.2 Å². The first-order valence-electron chi connectivity index (χ1n) is 10.7. The second-order valence-electron chi connectivity index (χ2n) is 7.93. The number of amides is 2. The predicted octanol–water partition coefficient (Wildman–Crippen LogP) is 2.74. The first-order chi connectivity index (χ1) is 14.8. The highest BCUT2D eigenvalue weighted by Gasteiger charge is 2.32. The van der Waals surface area contributed by atoms with E-state index in [0.717, 1.165) is 17.7 Å². The molecule has 2 fully saturated rings. The molecular weight excluding hydrogens is 438 g/mol. The molecule has 0 spiro atoms. The largest absolute Gasteiger partial charge is 0.450 e. The van der Waals surface area contributed by atoms with Gasteiger partial charge in [-0.15, -0.1) is 11.8 Å². The highest BCUT2D eigenvalue weighted by Crippen LogP contribution is 2.28. The smallest absolute Gasteiger partial charge is 0.409 e. The summed E-state index contributed by atoms with van der Waals surface area (Å²) in [7, 11) is -3.77. The average molecular weight is 470 g/mol. The minimum absolute atomic E-state index is 0.111. The number of rotatable bonds is 5. The summed E-state index contributed by atoms with van der Waals surface area (Å²) in [6, 6.07) is 4.79. The molecule has 0 unspecified atom stereocenters. The number of benzene rings is 1. The van der Waals surface area contributed by atoms with Gasteiger partial charge in [-0.2, -0.15) is 4.31 Å². The Morgan fingerprint density at radius 2 is 1.71 bits per heavy atom. The maximum Gasteiger partial charge on any atom is 0.409 e. The lowest BCUT2D eigenvalue weighted by Crippen LogP contribution is -2.50. The summed E-state index contributed by atoms with van der Waals surface area (Å²) in [5.41, 5.74) is 0.438. The van der Waals surface area contributed by atoms with Gasteiger partial charge in [-0.25, -0.2) is 13.2 Å². The zero-order chi connectivity index (χ0) is 22.6. The molecule has 2 amide bonds. The van der Waals surface area contributed by atoms with E-state index in [9.17, 15) is 18.0 Å². The number of nitrogens with zero attached hydrogens (tertiary/aromatic N) is 3. The third kappa shape index (κ3) is 5.35. The molecule has 2 aliphatic rings. The number of likely N-dealkylation sites (tertiary alicyclic amines) is 1. The molecule has 1 aromatic carbocycles. The van der Waals surface area contributed by atoms with E-state index in [-0.39, 0.29) is 43.6 Å². The predicted molar refractivity (Wildman–Crippen MR) is 120 cm³/mol. The molecule has 31 heavy (non-hydrogen) atoms. The first-order valence-corrected chi connectivity index (χ1v) is 13.3. The van der Waals surface area contributed by atoms with Gasteiger partial charge in [0, 0.05) is 44.2 Å². The SMILES string of the molecule is CCOC(=O)N1CCN(S(=O)(=O)c2ccc(SC)c(C(=O)N3CCC(C)CC3)c2)CC1. The average Bonchev–Trinajstić information content (AvgIpc) is 2.79. The lowest BCUT2D eigenvalue weighted by molar-refractivity contribution is 0.0693. The van der Waals surface area contributed by atoms with Gasteiger partial charge in [0.15, 0.2) is 0 Å². The fraction of sp³-hybridized carbons (Fsp3) is 0.619. The molecule has 0 radical (unpaired) electrons. The number of ether oxygens (including phenoxy) is 1. The van der Waals surface area contributed by atoms with Crippen LogP contribution in [0.5, 0.6) is 0 Å². The van der Waals surface area contributed by atoms with Crippen molar-refractivity contribution in [3.05, 3.63) is 23.8 Å². The summed E-state index contributed by atoms with van der Waals surface area (Å²) < 4.78 is 32.8. The van der Waals surface area contributed by atoms with Crippen LogP contribution in [0.1, 0.15) is 37.0 Å². The van der Waals surface area contributed by atoms with E-state index in [4.69, 9.17) is 4.74 Å². The zero-order valence-electron chi connectivity index (χ0n) is 18.4. The molecule has 0 N–H and O–H groups in total. The van der Waals surface area contributed by atoms with Crippen molar-refractivity contribution in [3.63, 3.8) is 0 Å². The van der Waals surface area contributed by atoms with Crippen molar-refractivity contribution in [2.45, 2.75) is 36.5 Å². The molecule has 0 saturated carbocycles. The molecule has 0 aromatic heterocycles. The van der Waals surface area contributed by atoms with Crippen molar-refractivity contribution in [2.24, 2.45) is 5.92 Å². The van der Waals surface area contributed by atoms with Crippen molar-refractivity contribution in [1.82, 2.24) is 14.1 Å². The second kappa shape index (κ2) is 10.2. The Morgan fingerprint density at radius 3 is 2.29 bits per heavy atom. The molecule has 0 bridgehead atoms. The Kier molecular flexibility index (Phi) is 7.87. The van der Waals surface area contributed by atoms with Crippen LogP contribution in [-0.4, -0.2) is 86.7 Å². The van der Waals surface area contributed by atoms with Gasteiger partial charge >= 0.3 is 6.09 Å². The van der Waals surface area contributed by atoms with Gasteiger partial charge in [0.2, 0.25) is 10.0 Å². The number of carbonyl (C=O) groups excluding carboxylic acids is 2. The standard InChI is InChI=1S/C21H31N3O5S2/c1-4-29-21(26)23-11-13-24(14-12-23)31(27,28)17-5-6-19(30-3)18(15-17)20(25)22-9-7-16(2)8-10-22/h5-6,15-16H,4,7-14H2,1-3H3. The highest BCUT2D eigenvalue weighted by molar-refractivity contribution is 7.98. The van der Waals surface area contributed by atoms with Crippen molar-refractivity contribution < 1.29 is 22.7 Å². The molecule has 2 aliphatic heterocycles. The highest BCUT2D eigenvalue weighted by atomic mass is 32.2. The van der Waals surface area contributed by atoms with E-state index in [1.165, 1.54) is 27.0 Å². The van der Waals surface area contributed by atoms with Gasteiger partial charge < -0.3 is 14.5 Å². The molecule has 0 aliphatic carbocycles. The molecule has 10 heteroatoms. The first kappa shape index (κ1) is 23.9. The quantitative estimate of drug-likeness (QED) is 0.617. The number of piperazine rings is 1. The molecule has 2 heterocycles.